The second-order valence-electron chi connectivity index (χ2n) is 7.52. The number of hydrogen-bond acceptors (Lipinski definition) is 4. The molecule has 0 atom stereocenters. The lowest BCUT2D eigenvalue weighted by molar-refractivity contribution is -0.384. The number of carbonyl (C=O) groups is 1. The topological polar surface area (TPSA) is 106 Å². The SMILES string of the molecule is O=C(NCc1cn(-c2ccccc2)nc1-c1ccccc1)c1c[nH]c2ccc([N+](=O)[O-])cc12. The summed E-state index contributed by atoms with van der Waals surface area (Å²) in [6.07, 6.45) is 3.47. The van der Waals surface area contributed by atoms with Crippen molar-refractivity contribution in [2.75, 3.05) is 0 Å². The van der Waals surface area contributed by atoms with Gasteiger partial charge in [0.25, 0.3) is 11.6 Å². The number of fused-ring (bicyclic) bond motifs is 1. The fraction of sp³-hybridized carbons (Fsp3) is 0.0400. The van der Waals surface area contributed by atoms with Crippen molar-refractivity contribution in [3.8, 4) is 16.9 Å². The molecule has 162 valence electrons. The number of nitrogens with one attached hydrogen (secondary N) is 2. The third-order valence-corrected chi connectivity index (χ3v) is 5.42. The number of aromatic amines is 1. The van der Waals surface area contributed by atoms with Crippen LogP contribution in [0.25, 0.3) is 27.8 Å². The highest BCUT2D eigenvalue weighted by Crippen LogP contribution is 2.25. The maximum atomic E-state index is 13.0. The van der Waals surface area contributed by atoms with Crippen LogP contribution < -0.4 is 5.32 Å². The number of rotatable bonds is 6. The van der Waals surface area contributed by atoms with Crippen LogP contribution in [-0.4, -0.2) is 25.6 Å². The van der Waals surface area contributed by atoms with E-state index in [0.29, 0.717) is 16.5 Å². The second-order valence-corrected chi connectivity index (χ2v) is 7.52. The Morgan fingerprint density at radius 2 is 1.76 bits per heavy atom. The molecule has 8 nitrogen and oxygen atoms in total. The molecule has 1 amide bonds. The third-order valence-electron chi connectivity index (χ3n) is 5.42. The number of amides is 1. The van der Waals surface area contributed by atoms with Crippen LogP contribution in [0.5, 0.6) is 0 Å². The Hall–Kier alpha value is -4.72. The number of nitro groups is 1. The highest BCUT2D eigenvalue weighted by atomic mass is 16.6. The van der Waals surface area contributed by atoms with Crippen molar-refractivity contribution in [3.63, 3.8) is 0 Å². The highest BCUT2D eigenvalue weighted by Gasteiger charge is 2.17. The summed E-state index contributed by atoms with van der Waals surface area (Å²) >= 11 is 0. The molecule has 0 aliphatic rings. The molecule has 0 bridgehead atoms. The molecule has 2 aromatic heterocycles. The van der Waals surface area contributed by atoms with Crippen LogP contribution in [0.3, 0.4) is 0 Å². The fourth-order valence-electron chi connectivity index (χ4n) is 3.77. The van der Waals surface area contributed by atoms with Crippen LogP contribution in [0.15, 0.2) is 91.3 Å². The summed E-state index contributed by atoms with van der Waals surface area (Å²) in [5, 5.41) is 19.3. The molecular formula is C25H19N5O3. The smallest absolute Gasteiger partial charge is 0.270 e. The summed E-state index contributed by atoms with van der Waals surface area (Å²) in [5.74, 6) is -0.326. The van der Waals surface area contributed by atoms with Gasteiger partial charge in [-0.3, -0.25) is 14.9 Å². The fourth-order valence-corrected chi connectivity index (χ4v) is 3.77. The van der Waals surface area contributed by atoms with Gasteiger partial charge in [0.15, 0.2) is 0 Å². The zero-order chi connectivity index (χ0) is 22.8. The van der Waals surface area contributed by atoms with Crippen LogP contribution in [0.2, 0.25) is 0 Å². The van der Waals surface area contributed by atoms with Crippen molar-refractivity contribution < 1.29 is 9.72 Å². The predicted molar refractivity (Wildman–Crippen MR) is 125 cm³/mol. The Balaban J connectivity index is 1.45. The van der Waals surface area contributed by atoms with Gasteiger partial charge < -0.3 is 10.3 Å². The number of hydrogen-bond donors (Lipinski definition) is 2. The van der Waals surface area contributed by atoms with Gasteiger partial charge in [0.05, 0.1) is 21.9 Å². The molecule has 33 heavy (non-hydrogen) atoms. The lowest BCUT2D eigenvalue weighted by Crippen LogP contribution is -2.22. The molecule has 0 fully saturated rings. The average molecular weight is 437 g/mol. The number of aromatic nitrogens is 3. The molecule has 0 saturated carbocycles. The molecule has 0 aliphatic heterocycles. The van der Waals surface area contributed by atoms with E-state index in [1.54, 1.807) is 16.9 Å². The number of nitro benzene ring substituents is 1. The number of carbonyl (C=O) groups excluding carboxylic acids is 1. The second kappa shape index (κ2) is 8.43. The van der Waals surface area contributed by atoms with Gasteiger partial charge in [0, 0.05) is 53.1 Å². The van der Waals surface area contributed by atoms with Crippen molar-refractivity contribution in [1.29, 1.82) is 0 Å². The molecule has 2 N–H and O–H groups in total. The normalized spacial score (nSPS) is 10.9. The van der Waals surface area contributed by atoms with Crippen molar-refractivity contribution in [3.05, 3.63) is 112 Å². The number of H-pyrrole nitrogens is 1. The Labute approximate surface area is 188 Å². The van der Waals surface area contributed by atoms with Gasteiger partial charge >= 0.3 is 0 Å². The Bertz CT molecular complexity index is 1460. The van der Waals surface area contributed by atoms with E-state index in [4.69, 9.17) is 5.10 Å². The molecule has 3 aromatic carbocycles. The quantitative estimate of drug-likeness (QED) is 0.292. The van der Waals surface area contributed by atoms with E-state index < -0.39 is 4.92 Å². The number of non-ortho nitro benzene ring substituents is 1. The van der Waals surface area contributed by atoms with Crippen molar-refractivity contribution in [1.82, 2.24) is 20.1 Å². The minimum Gasteiger partial charge on any atom is -0.360 e. The lowest BCUT2D eigenvalue weighted by atomic mass is 10.1. The summed E-state index contributed by atoms with van der Waals surface area (Å²) in [5.41, 5.74) is 4.43. The van der Waals surface area contributed by atoms with Crippen LogP contribution in [0, 0.1) is 10.1 Å². The Morgan fingerprint density at radius 1 is 1.03 bits per heavy atom. The van der Waals surface area contributed by atoms with Gasteiger partial charge in [-0.05, 0) is 18.2 Å². The van der Waals surface area contributed by atoms with Gasteiger partial charge in [-0.1, -0.05) is 48.5 Å². The molecule has 8 heteroatoms. The summed E-state index contributed by atoms with van der Waals surface area (Å²) in [4.78, 5) is 26.6. The molecule has 5 rings (SSSR count). The molecule has 5 aromatic rings. The van der Waals surface area contributed by atoms with E-state index in [0.717, 1.165) is 22.5 Å². The van der Waals surface area contributed by atoms with Crippen molar-refractivity contribution in [2.45, 2.75) is 6.54 Å². The number of benzene rings is 3. The highest BCUT2D eigenvalue weighted by molar-refractivity contribution is 6.07. The Morgan fingerprint density at radius 3 is 2.48 bits per heavy atom. The minimum absolute atomic E-state index is 0.0633. The standard InChI is InChI=1S/C25H19N5O3/c31-25(22-15-26-23-12-11-20(30(32)33)13-21(22)23)27-14-18-16-29(19-9-5-2-6-10-19)28-24(18)17-7-3-1-4-8-17/h1-13,15-16,26H,14H2,(H,27,31). The van der Waals surface area contributed by atoms with E-state index >= 15 is 0 Å². The van der Waals surface area contributed by atoms with E-state index in [9.17, 15) is 14.9 Å². The van der Waals surface area contributed by atoms with E-state index in [2.05, 4.69) is 10.3 Å². The van der Waals surface area contributed by atoms with E-state index in [1.807, 2.05) is 66.9 Å². The van der Waals surface area contributed by atoms with Crippen LogP contribution in [0.4, 0.5) is 5.69 Å². The minimum atomic E-state index is -0.474. The third kappa shape index (κ3) is 3.97. The van der Waals surface area contributed by atoms with Gasteiger partial charge in [-0.15, -0.1) is 0 Å². The van der Waals surface area contributed by atoms with Gasteiger partial charge in [-0.2, -0.15) is 5.10 Å². The van der Waals surface area contributed by atoms with Gasteiger partial charge in [-0.25, -0.2) is 4.68 Å². The molecule has 2 heterocycles. The molecular weight excluding hydrogens is 418 g/mol. The zero-order valence-corrected chi connectivity index (χ0v) is 17.4. The summed E-state index contributed by atoms with van der Waals surface area (Å²) < 4.78 is 1.79. The van der Waals surface area contributed by atoms with Crippen LogP contribution in [0.1, 0.15) is 15.9 Å². The Kier molecular flexibility index (Phi) is 5.16. The zero-order valence-electron chi connectivity index (χ0n) is 17.4. The van der Waals surface area contributed by atoms with E-state index in [1.165, 1.54) is 12.1 Å². The summed E-state index contributed by atoms with van der Waals surface area (Å²) in [7, 11) is 0. The van der Waals surface area contributed by atoms with Gasteiger partial charge in [0.2, 0.25) is 0 Å². The predicted octanol–water partition coefficient (Wildman–Crippen LogP) is 4.86. The van der Waals surface area contributed by atoms with E-state index in [-0.39, 0.29) is 18.1 Å². The first-order valence-electron chi connectivity index (χ1n) is 10.3. The first-order chi connectivity index (χ1) is 16.1. The molecule has 0 aliphatic carbocycles. The monoisotopic (exact) mass is 437 g/mol. The van der Waals surface area contributed by atoms with Crippen LogP contribution >= 0.6 is 0 Å². The maximum Gasteiger partial charge on any atom is 0.270 e. The summed E-state index contributed by atoms with van der Waals surface area (Å²) in [6, 6.07) is 23.9. The first-order valence-corrected chi connectivity index (χ1v) is 10.3. The summed E-state index contributed by atoms with van der Waals surface area (Å²) in [6.45, 7) is 0.248. The molecule has 0 spiro atoms. The number of para-hydroxylation sites is 1. The molecule has 0 saturated heterocycles. The average Bonchev–Trinajstić information content (AvgIpc) is 3.48. The lowest BCUT2D eigenvalue weighted by Gasteiger charge is -2.05. The molecule has 0 radical (unpaired) electrons. The van der Waals surface area contributed by atoms with Crippen molar-refractivity contribution in [2.24, 2.45) is 0 Å². The van der Waals surface area contributed by atoms with Crippen molar-refractivity contribution >= 4 is 22.5 Å². The molecule has 0 unspecified atom stereocenters. The largest absolute Gasteiger partial charge is 0.360 e. The number of nitrogens with zero attached hydrogens (tertiary/aromatic N) is 3. The first kappa shape index (κ1) is 20.2. The van der Waals surface area contributed by atoms with Gasteiger partial charge in [0.1, 0.15) is 0 Å². The maximum absolute atomic E-state index is 13.0. The van der Waals surface area contributed by atoms with Crippen LogP contribution in [-0.2, 0) is 6.54 Å².